The maximum atomic E-state index is 8.46. The number of morpholine rings is 1. The minimum Gasteiger partial charge on any atom is -0.397 e. The van der Waals surface area contributed by atoms with Crippen molar-refractivity contribution in [3.8, 4) is 0 Å². The van der Waals surface area contributed by atoms with Gasteiger partial charge in [0.25, 0.3) is 0 Å². The predicted molar refractivity (Wildman–Crippen MR) is 68.0 cm³/mol. The maximum Gasteiger partial charge on any atom is 0.102 e. The van der Waals surface area contributed by atoms with Crippen molar-refractivity contribution >= 4 is 22.2 Å². The number of aliphatic hydroxyl groups excluding tert-OH is 1. The SMILES string of the molecule is BCCB(B)CCO.C1COCCN1. The van der Waals surface area contributed by atoms with Crippen LogP contribution in [0.4, 0.5) is 0 Å². The average molecular weight is 197 g/mol. The van der Waals surface area contributed by atoms with Gasteiger partial charge in [0.2, 0.25) is 0 Å². The van der Waals surface area contributed by atoms with E-state index in [1.807, 2.05) is 0 Å². The first-order chi connectivity index (χ1) is 6.81. The lowest BCUT2D eigenvalue weighted by molar-refractivity contribution is 0.109. The van der Waals surface area contributed by atoms with Gasteiger partial charge in [-0.25, -0.2) is 0 Å². The fourth-order valence-electron chi connectivity index (χ4n) is 1.37. The summed E-state index contributed by atoms with van der Waals surface area (Å²) in [4.78, 5) is 0. The number of ether oxygens (including phenoxy) is 1. The summed E-state index contributed by atoms with van der Waals surface area (Å²) in [5.41, 5.74) is 0. The van der Waals surface area contributed by atoms with E-state index in [2.05, 4.69) is 20.9 Å². The first kappa shape index (κ1) is 14.1. The third-order valence-corrected chi connectivity index (χ3v) is 2.25. The topological polar surface area (TPSA) is 41.5 Å². The summed E-state index contributed by atoms with van der Waals surface area (Å²) >= 11 is 0. The largest absolute Gasteiger partial charge is 0.397 e. The number of hydrogen-bond donors (Lipinski definition) is 2. The van der Waals surface area contributed by atoms with Crippen LogP contribution in [-0.4, -0.2) is 60.2 Å². The molecule has 0 unspecified atom stereocenters. The second-order valence-corrected chi connectivity index (χ2v) is 3.77. The Morgan fingerprint density at radius 1 is 1.29 bits per heavy atom. The van der Waals surface area contributed by atoms with Crippen molar-refractivity contribution in [2.24, 2.45) is 0 Å². The molecule has 0 aromatic heterocycles. The molecule has 0 aromatic carbocycles. The van der Waals surface area contributed by atoms with Crippen molar-refractivity contribution in [2.45, 2.75) is 19.0 Å². The fraction of sp³-hybridized carbons (Fsp3) is 1.00. The summed E-state index contributed by atoms with van der Waals surface area (Å²) < 4.78 is 5.01. The van der Waals surface area contributed by atoms with Crippen LogP contribution in [0.2, 0.25) is 19.0 Å². The average Bonchev–Trinajstić information content (AvgIpc) is 2.22. The van der Waals surface area contributed by atoms with Gasteiger partial charge in [-0.15, -0.1) is 0 Å². The second kappa shape index (κ2) is 11.2. The Bertz CT molecular complexity index is 97.2. The number of hydrogen-bond acceptors (Lipinski definition) is 3. The van der Waals surface area contributed by atoms with Crippen molar-refractivity contribution < 1.29 is 9.84 Å². The van der Waals surface area contributed by atoms with E-state index in [4.69, 9.17) is 9.84 Å². The lowest BCUT2D eigenvalue weighted by atomic mass is 9.29. The van der Waals surface area contributed by atoms with Crippen LogP contribution in [0.25, 0.3) is 0 Å². The molecule has 1 fully saturated rings. The minimum atomic E-state index is 0.348. The summed E-state index contributed by atoms with van der Waals surface area (Å²) in [6.45, 7) is 4.89. The first-order valence-corrected chi connectivity index (χ1v) is 5.70. The van der Waals surface area contributed by atoms with E-state index in [1.165, 1.54) is 12.6 Å². The number of rotatable bonds is 4. The van der Waals surface area contributed by atoms with E-state index in [9.17, 15) is 0 Å². The molecule has 0 amide bonds. The molecule has 0 atom stereocenters. The van der Waals surface area contributed by atoms with Gasteiger partial charge in [0.1, 0.15) is 6.60 Å². The van der Waals surface area contributed by atoms with Crippen LogP contribution in [-0.2, 0) is 4.74 Å². The summed E-state index contributed by atoms with van der Waals surface area (Å²) in [6.07, 6.45) is 3.45. The van der Waals surface area contributed by atoms with Gasteiger partial charge in [-0.2, -0.15) is 0 Å². The molecule has 0 radical (unpaired) electrons. The van der Waals surface area contributed by atoms with Crippen LogP contribution < -0.4 is 5.32 Å². The van der Waals surface area contributed by atoms with Crippen LogP contribution in [0, 0.1) is 0 Å². The number of nitrogens with one attached hydrogen (secondary N) is 1. The lowest BCUT2D eigenvalue weighted by Crippen LogP contribution is -2.30. The standard InChI is InChI=1S/C4H13B3O.C4H9NO/c5-1-2-7(6)3-4-8;1-3-6-4-2-5-1/h8H,1-6H2;5H,1-4H2. The molecule has 0 saturated carbocycles. The van der Waals surface area contributed by atoms with Gasteiger partial charge in [-0.05, 0) is 0 Å². The molecule has 80 valence electrons. The molecule has 6 heteroatoms. The second-order valence-electron chi connectivity index (χ2n) is 3.77. The predicted octanol–water partition coefficient (Wildman–Crippen LogP) is -1.74. The molecule has 2 N–H and O–H groups in total. The molecule has 0 bridgehead atoms. The Labute approximate surface area is 89.9 Å². The quantitative estimate of drug-likeness (QED) is 0.525. The Morgan fingerprint density at radius 3 is 2.21 bits per heavy atom. The van der Waals surface area contributed by atoms with Crippen molar-refractivity contribution in [3.05, 3.63) is 0 Å². The molecular formula is C8H22B3NO2. The first-order valence-electron chi connectivity index (χ1n) is 5.70. The highest BCUT2D eigenvalue weighted by Crippen LogP contribution is 1.95. The third-order valence-electron chi connectivity index (χ3n) is 2.25. The maximum absolute atomic E-state index is 8.46. The van der Waals surface area contributed by atoms with E-state index in [-0.39, 0.29) is 0 Å². The summed E-state index contributed by atoms with van der Waals surface area (Å²) in [5.74, 6) is 0. The summed E-state index contributed by atoms with van der Waals surface area (Å²) in [6, 6.07) is 0. The van der Waals surface area contributed by atoms with Gasteiger partial charge in [-0.1, -0.05) is 19.0 Å². The van der Waals surface area contributed by atoms with E-state index >= 15 is 0 Å². The van der Waals surface area contributed by atoms with Crippen LogP contribution in [0.3, 0.4) is 0 Å². The fourth-order valence-corrected chi connectivity index (χ4v) is 1.37. The zero-order chi connectivity index (χ0) is 10.6. The molecule has 1 aliphatic heterocycles. The van der Waals surface area contributed by atoms with Gasteiger partial charge < -0.3 is 15.2 Å². The lowest BCUT2D eigenvalue weighted by Gasteiger charge is -2.10. The third kappa shape index (κ3) is 10.2. The molecular weight excluding hydrogens is 175 g/mol. The Morgan fingerprint density at radius 2 is 1.93 bits per heavy atom. The van der Waals surface area contributed by atoms with Crippen molar-refractivity contribution in [3.63, 3.8) is 0 Å². The van der Waals surface area contributed by atoms with Crippen LogP contribution >= 0.6 is 0 Å². The van der Waals surface area contributed by atoms with E-state index < -0.39 is 0 Å². The van der Waals surface area contributed by atoms with Gasteiger partial charge in [0, 0.05) is 19.7 Å². The molecule has 0 aliphatic carbocycles. The molecule has 14 heavy (non-hydrogen) atoms. The Balaban J connectivity index is 0.000000249. The summed E-state index contributed by atoms with van der Waals surface area (Å²) in [7, 11) is 4.35. The monoisotopic (exact) mass is 197 g/mol. The zero-order valence-corrected chi connectivity index (χ0v) is 9.59. The van der Waals surface area contributed by atoms with Gasteiger partial charge in [0.05, 0.1) is 28.8 Å². The molecule has 1 aliphatic rings. The Hall–Kier alpha value is 0.0748. The van der Waals surface area contributed by atoms with Crippen LogP contribution in [0.15, 0.2) is 0 Å². The van der Waals surface area contributed by atoms with Crippen molar-refractivity contribution in [2.75, 3.05) is 32.9 Å². The number of aliphatic hydroxyl groups is 1. The Kier molecular flexibility index (Phi) is 11.2. The van der Waals surface area contributed by atoms with Gasteiger partial charge in [0.15, 0.2) is 0 Å². The normalized spacial score (nSPS) is 15.5. The van der Waals surface area contributed by atoms with E-state index in [1.54, 1.807) is 0 Å². The van der Waals surface area contributed by atoms with Crippen molar-refractivity contribution in [1.29, 1.82) is 0 Å². The highest BCUT2D eigenvalue weighted by molar-refractivity contribution is 7.03. The molecule has 1 heterocycles. The van der Waals surface area contributed by atoms with E-state index in [0.717, 1.165) is 32.6 Å². The minimum absolute atomic E-state index is 0.348. The van der Waals surface area contributed by atoms with Crippen LogP contribution in [0.1, 0.15) is 0 Å². The zero-order valence-electron chi connectivity index (χ0n) is 9.59. The van der Waals surface area contributed by atoms with Crippen molar-refractivity contribution in [1.82, 2.24) is 5.32 Å². The highest BCUT2D eigenvalue weighted by atomic mass is 16.5. The molecule has 1 rings (SSSR count). The molecule has 0 aromatic rings. The molecule has 0 spiro atoms. The van der Waals surface area contributed by atoms with Gasteiger partial charge in [-0.3, -0.25) is 0 Å². The van der Waals surface area contributed by atoms with Crippen LogP contribution in [0.5, 0.6) is 0 Å². The van der Waals surface area contributed by atoms with E-state index in [0.29, 0.717) is 13.2 Å². The molecule has 1 saturated heterocycles. The smallest absolute Gasteiger partial charge is 0.102 e. The molecule has 3 nitrogen and oxygen atoms in total. The van der Waals surface area contributed by atoms with Gasteiger partial charge >= 0.3 is 0 Å². The summed E-state index contributed by atoms with van der Waals surface area (Å²) in [5, 5.41) is 11.6. The highest BCUT2D eigenvalue weighted by Gasteiger charge is 2.01.